The molecule has 0 saturated carbocycles. The standard InChI is InChI=1S/C16H22N4/c1-13-4-3-5-15(14(13)2)20-10-8-19(9-11-20)12-16-17-6-7-18-16/h3-7H,8-12H2,1-2H3,(H,17,18). The molecule has 0 spiro atoms. The van der Waals surface area contributed by atoms with Crippen molar-refractivity contribution < 1.29 is 0 Å². The number of aryl methyl sites for hydroxylation is 1. The van der Waals surface area contributed by atoms with Crippen LogP contribution in [0.25, 0.3) is 0 Å². The van der Waals surface area contributed by atoms with E-state index in [0.29, 0.717) is 0 Å². The predicted octanol–water partition coefficient (Wildman–Crippen LogP) is 2.35. The van der Waals surface area contributed by atoms with Gasteiger partial charge in [0.15, 0.2) is 0 Å². The van der Waals surface area contributed by atoms with Crippen molar-refractivity contribution in [3.05, 3.63) is 47.5 Å². The molecule has 4 nitrogen and oxygen atoms in total. The molecule has 0 amide bonds. The van der Waals surface area contributed by atoms with Crippen molar-refractivity contribution in [1.29, 1.82) is 0 Å². The Labute approximate surface area is 120 Å². The summed E-state index contributed by atoms with van der Waals surface area (Å²) in [5.41, 5.74) is 4.18. The summed E-state index contributed by atoms with van der Waals surface area (Å²) >= 11 is 0. The van der Waals surface area contributed by atoms with Crippen LogP contribution in [0.3, 0.4) is 0 Å². The van der Waals surface area contributed by atoms with Crippen molar-refractivity contribution >= 4 is 5.69 Å². The molecule has 20 heavy (non-hydrogen) atoms. The fraction of sp³-hybridized carbons (Fsp3) is 0.438. The Kier molecular flexibility index (Phi) is 3.74. The third-order valence-corrected chi connectivity index (χ3v) is 4.22. The second-order valence-electron chi connectivity index (χ2n) is 5.52. The van der Waals surface area contributed by atoms with E-state index < -0.39 is 0 Å². The number of aromatic amines is 1. The van der Waals surface area contributed by atoms with E-state index in [-0.39, 0.29) is 0 Å². The number of anilines is 1. The first-order chi connectivity index (χ1) is 9.74. The minimum Gasteiger partial charge on any atom is -0.369 e. The quantitative estimate of drug-likeness (QED) is 0.930. The second-order valence-corrected chi connectivity index (χ2v) is 5.52. The fourth-order valence-electron chi connectivity index (χ4n) is 2.82. The molecule has 2 heterocycles. The number of hydrogen-bond acceptors (Lipinski definition) is 3. The predicted molar refractivity (Wildman–Crippen MR) is 82.0 cm³/mol. The van der Waals surface area contributed by atoms with Crippen LogP contribution in [0.5, 0.6) is 0 Å². The van der Waals surface area contributed by atoms with Gasteiger partial charge in [0.1, 0.15) is 5.82 Å². The Morgan fingerprint density at radius 2 is 1.95 bits per heavy atom. The largest absolute Gasteiger partial charge is 0.369 e. The summed E-state index contributed by atoms with van der Waals surface area (Å²) in [5, 5.41) is 0. The molecule has 1 N–H and O–H groups in total. The average Bonchev–Trinajstić information content (AvgIpc) is 2.96. The highest BCUT2D eigenvalue weighted by atomic mass is 15.3. The Hall–Kier alpha value is -1.81. The van der Waals surface area contributed by atoms with Gasteiger partial charge in [0.05, 0.1) is 6.54 Å². The van der Waals surface area contributed by atoms with E-state index in [1.54, 1.807) is 0 Å². The Bertz CT molecular complexity index is 554. The van der Waals surface area contributed by atoms with Crippen LogP contribution in [-0.2, 0) is 6.54 Å². The molecule has 106 valence electrons. The first-order valence-electron chi connectivity index (χ1n) is 7.26. The van der Waals surface area contributed by atoms with E-state index in [2.05, 4.69) is 51.8 Å². The first kappa shape index (κ1) is 13.2. The molecule has 2 aromatic rings. The summed E-state index contributed by atoms with van der Waals surface area (Å²) in [7, 11) is 0. The van der Waals surface area contributed by atoms with Crippen molar-refractivity contribution in [3.63, 3.8) is 0 Å². The van der Waals surface area contributed by atoms with Gasteiger partial charge >= 0.3 is 0 Å². The van der Waals surface area contributed by atoms with Crippen molar-refractivity contribution in [1.82, 2.24) is 14.9 Å². The number of aromatic nitrogens is 2. The minimum atomic E-state index is 0.924. The highest BCUT2D eigenvalue weighted by Gasteiger charge is 2.19. The van der Waals surface area contributed by atoms with Crippen molar-refractivity contribution in [2.45, 2.75) is 20.4 Å². The maximum absolute atomic E-state index is 4.30. The van der Waals surface area contributed by atoms with Crippen LogP contribution in [0.4, 0.5) is 5.69 Å². The summed E-state index contributed by atoms with van der Waals surface area (Å²) in [6, 6.07) is 6.59. The van der Waals surface area contributed by atoms with Gasteiger partial charge in [-0.3, -0.25) is 4.90 Å². The van der Waals surface area contributed by atoms with E-state index in [0.717, 1.165) is 38.5 Å². The fourth-order valence-corrected chi connectivity index (χ4v) is 2.82. The van der Waals surface area contributed by atoms with Crippen LogP contribution in [-0.4, -0.2) is 41.0 Å². The molecule has 0 unspecified atom stereocenters. The lowest BCUT2D eigenvalue weighted by atomic mass is 10.1. The molecule has 1 aliphatic rings. The van der Waals surface area contributed by atoms with E-state index in [4.69, 9.17) is 0 Å². The lowest BCUT2D eigenvalue weighted by Gasteiger charge is -2.36. The average molecular weight is 270 g/mol. The molecule has 1 aromatic heterocycles. The summed E-state index contributed by atoms with van der Waals surface area (Å²) in [6.07, 6.45) is 3.71. The molecule has 0 aliphatic carbocycles. The molecule has 1 aliphatic heterocycles. The van der Waals surface area contributed by atoms with Gasteiger partial charge in [-0.15, -0.1) is 0 Å². The molecule has 0 radical (unpaired) electrons. The highest BCUT2D eigenvalue weighted by Crippen LogP contribution is 2.23. The van der Waals surface area contributed by atoms with Gasteiger partial charge in [-0.1, -0.05) is 12.1 Å². The monoisotopic (exact) mass is 270 g/mol. The van der Waals surface area contributed by atoms with Crippen LogP contribution in [0, 0.1) is 13.8 Å². The van der Waals surface area contributed by atoms with Crippen LogP contribution >= 0.6 is 0 Å². The number of imidazole rings is 1. The Morgan fingerprint density at radius 1 is 1.15 bits per heavy atom. The van der Waals surface area contributed by atoms with Gasteiger partial charge in [-0.2, -0.15) is 0 Å². The number of nitrogens with zero attached hydrogens (tertiary/aromatic N) is 3. The maximum Gasteiger partial charge on any atom is 0.120 e. The van der Waals surface area contributed by atoms with Gasteiger partial charge < -0.3 is 9.88 Å². The molecule has 0 bridgehead atoms. The number of rotatable bonds is 3. The molecule has 0 atom stereocenters. The summed E-state index contributed by atoms with van der Waals surface area (Å²) in [6.45, 7) is 9.69. The SMILES string of the molecule is Cc1cccc(N2CCN(Cc3ncc[nH]3)CC2)c1C. The molecular formula is C16H22N4. The lowest BCUT2D eigenvalue weighted by Crippen LogP contribution is -2.46. The van der Waals surface area contributed by atoms with Gasteiger partial charge in [0, 0.05) is 44.3 Å². The Balaban J connectivity index is 1.62. The van der Waals surface area contributed by atoms with Crippen LogP contribution in [0.15, 0.2) is 30.6 Å². The van der Waals surface area contributed by atoms with Crippen molar-refractivity contribution in [2.24, 2.45) is 0 Å². The summed E-state index contributed by atoms with van der Waals surface area (Å²) < 4.78 is 0. The zero-order valence-electron chi connectivity index (χ0n) is 12.3. The first-order valence-corrected chi connectivity index (χ1v) is 7.26. The molecule has 1 aromatic carbocycles. The lowest BCUT2D eigenvalue weighted by molar-refractivity contribution is 0.244. The Morgan fingerprint density at radius 3 is 2.65 bits per heavy atom. The summed E-state index contributed by atoms with van der Waals surface area (Å²) in [4.78, 5) is 12.4. The number of nitrogens with one attached hydrogen (secondary N) is 1. The van der Waals surface area contributed by atoms with Gasteiger partial charge in [-0.05, 0) is 31.0 Å². The van der Waals surface area contributed by atoms with Crippen LogP contribution < -0.4 is 4.90 Å². The van der Waals surface area contributed by atoms with E-state index >= 15 is 0 Å². The zero-order valence-corrected chi connectivity index (χ0v) is 12.3. The maximum atomic E-state index is 4.30. The highest BCUT2D eigenvalue weighted by molar-refractivity contribution is 5.56. The zero-order chi connectivity index (χ0) is 13.9. The topological polar surface area (TPSA) is 35.2 Å². The van der Waals surface area contributed by atoms with Gasteiger partial charge in [-0.25, -0.2) is 4.98 Å². The van der Waals surface area contributed by atoms with Crippen LogP contribution in [0.1, 0.15) is 17.0 Å². The molecular weight excluding hydrogens is 248 g/mol. The summed E-state index contributed by atoms with van der Waals surface area (Å²) in [5.74, 6) is 1.06. The number of benzene rings is 1. The number of hydrogen-bond donors (Lipinski definition) is 1. The third kappa shape index (κ3) is 2.70. The number of piperazine rings is 1. The number of H-pyrrole nitrogens is 1. The minimum absolute atomic E-state index is 0.924. The molecule has 1 fully saturated rings. The normalized spacial score (nSPS) is 16.6. The van der Waals surface area contributed by atoms with Gasteiger partial charge in [0.25, 0.3) is 0 Å². The smallest absolute Gasteiger partial charge is 0.120 e. The third-order valence-electron chi connectivity index (χ3n) is 4.22. The van der Waals surface area contributed by atoms with E-state index in [9.17, 15) is 0 Å². The van der Waals surface area contributed by atoms with E-state index in [1.165, 1.54) is 16.8 Å². The van der Waals surface area contributed by atoms with Gasteiger partial charge in [0.2, 0.25) is 0 Å². The van der Waals surface area contributed by atoms with Crippen molar-refractivity contribution in [2.75, 3.05) is 31.1 Å². The molecule has 4 heteroatoms. The van der Waals surface area contributed by atoms with Crippen LogP contribution in [0.2, 0.25) is 0 Å². The molecule has 1 saturated heterocycles. The van der Waals surface area contributed by atoms with E-state index in [1.807, 2.05) is 12.4 Å². The molecule has 3 rings (SSSR count). The second kappa shape index (κ2) is 5.67. The van der Waals surface area contributed by atoms with Crippen molar-refractivity contribution in [3.8, 4) is 0 Å².